The van der Waals surface area contributed by atoms with E-state index in [9.17, 15) is 4.39 Å². The minimum atomic E-state index is -0.251. The number of aliphatic hydroxyl groups excluding tert-OH is 1. The molecule has 2 N–H and O–H groups in total. The fourth-order valence-corrected chi connectivity index (χ4v) is 2.19. The van der Waals surface area contributed by atoms with Gasteiger partial charge in [-0.15, -0.1) is 0 Å². The summed E-state index contributed by atoms with van der Waals surface area (Å²) in [6.45, 7) is 0.824. The molecule has 0 bridgehead atoms. The number of aliphatic hydroxyl groups is 1. The van der Waals surface area contributed by atoms with Crippen molar-refractivity contribution in [2.45, 2.75) is 12.5 Å². The van der Waals surface area contributed by atoms with Crippen LogP contribution in [-0.4, -0.2) is 18.3 Å². The quantitative estimate of drug-likeness (QED) is 0.799. The molecular weight excluding hydrogens is 277 g/mol. The second-order valence-electron chi connectivity index (χ2n) is 4.57. The summed E-state index contributed by atoms with van der Waals surface area (Å²) in [4.78, 5) is 0. The van der Waals surface area contributed by atoms with Gasteiger partial charge in [0.1, 0.15) is 5.82 Å². The van der Waals surface area contributed by atoms with Crippen molar-refractivity contribution in [3.8, 4) is 0 Å². The molecule has 0 radical (unpaired) electrons. The van der Waals surface area contributed by atoms with Crippen LogP contribution in [0.2, 0.25) is 5.02 Å². The van der Waals surface area contributed by atoms with E-state index in [0.717, 1.165) is 11.1 Å². The van der Waals surface area contributed by atoms with Crippen molar-refractivity contribution in [3.63, 3.8) is 0 Å². The summed E-state index contributed by atoms with van der Waals surface area (Å²) in [6.07, 6.45) is 0.672. The molecule has 0 saturated carbocycles. The lowest BCUT2D eigenvalue weighted by molar-refractivity contribution is 0.284. The molecule has 0 aliphatic carbocycles. The van der Waals surface area contributed by atoms with E-state index >= 15 is 0 Å². The van der Waals surface area contributed by atoms with Crippen LogP contribution in [0.5, 0.6) is 0 Å². The molecule has 106 valence electrons. The van der Waals surface area contributed by atoms with Crippen LogP contribution in [0.3, 0.4) is 0 Å². The standard InChI is InChI=1S/C16H17ClFNO/c17-14-6-2-12(3-7-14)16(19-10-1-11-20)13-4-8-15(18)9-5-13/h2-9,16,19-20H,1,10-11H2. The van der Waals surface area contributed by atoms with Gasteiger partial charge in [0, 0.05) is 11.6 Å². The SMILES string of the molecule is OCCCNC(c1ccc(F)cc1)c1ccc(Cl)cc1. The average molecular weight is 294 g/mol. The molecule has 0 heterocycles. The summed E-state index contributed by atoms with van der Waals surface area (Å²) < 4.78 is 13.0. The average Bonchev–Trinajstić information content (AvgIpc) is 2.46. The Hall–Kier alpha value is -1.42. The Kier molecular flexibility index (Phi) is 5.53. The molecule has 2 rings (SSSR count). The lowest BCUT2D eigenvalue weighted by Gasteiger charge is -2.20. The van der Waals surface area contributed by atoms with E-state index in [1.54, 1.807) is 12.1 Å². The molecule has 2 aromatic rings. The van der Waals surface area contributed by atoms with E-state index < -0.39 is 0 Å². The first-order valence-corrected chi connectivity index (χ1v) is 6.93. The van der Waals surface area contributed by atoms with Crippen LogP contribution in [0.25, 0.3) is 0 Å². The van der Waals surface area contributed by atoms with Crippen molar-refractivity contribution < 1.29 is 9.50 Å². The molecule has 1 unspecified atom stereocenters. The van der Waals surface area contributed by atoms with Gasteiger partial charge >= 0.3 is 0 Å². The van der Waals surface area contributed by atoms with Gasteiger partial charge in [0.2, 0.25) is 0 Å². The summed E-state index contributed by atoms with van der Waals surface area (Å²) in [6, 6.07) is 13.9. The van der Waals surface area contributed by atoms with Gasteiger partial charge in [-0.2, -0.15) is 0 Å². The largest absolute Gasteiger partial charge is 0.396 e. The zero-order chi connectivity index (χ0) is 14.4. The maximum Gasteiger partial charge on any atom is 0.123 e. The predicted molar refractivity (Wildman–Crippen MR) is 79.4 cm³/mol. The monoisotopic (exact) mass is 293 g/mol. The zero-order valence-electron chi connectivity index (χ0n) is 11.0. The fourth-order valence-electron chi connectivity index (χ4n) is 2.06. The highest BCUT2D eigenvalue weighted by atomic mass is 35.5. The molecular formula is C16H17ClFNO. The molecule has 2 aromatic carbocycles. The summed E-state index contributed by atoms with van der Waals surface area (Å²) in [5, 5.41) is 12.9. The highest BCUT2D eigenvalue weighted by Gasteiger charge is 2.13. The highest BCUT2D eigenvalue weighted by molar-refractivity contribution is 6.30. The zero-order valence-corrected chi connectivity index (χ0v) is 11.8. The second-order valence-corrected chi connectivity index (χ2v) is 5.00. The van der Waals surface area contributed by atoms with Gasteiger partial charge in [0.05, 0.1) is 6.04 Å². The van der Waals surface area contributed by atoms with Crippen LogP contribution in [0, 0.1) is 5.82 Å². The van der Waals surface area contributed by atoms with Gasteiger partial charge in [-0.3, -0.25) is 0 Å². The summed E-state index contributed by atoms with van der Waals surface area (Å²) in [7, 11) is 0. The number of halogens is 2. The summed E-state index contributed by atoms with van der Waals surface area (Å²) in [5.41, 5.74) is 2.03. The van der Waals surface area contributed by atoms with E-state index in [-0.39, 0.29) is 18.5 Å². The minimum Gasteiger partial charge on any atom is -0.396 e. The molecule has 0 fully saturated rings. The van der Waals surface area contributed by atoms with Crippen molar-refractivity contribution in [1.29, 1.82) is 0 Å². The number of nitrogens with one attached hydrogen (secondary N) is 1. The molecule has 20 heavy (non-hydrogen) atoms. The third-order valence-electron chi connectivity index (χ3n) is 3.09. The van der Waals surface area contributed by atoms with Gasteiger partial charge < -0.3 is 10.4 Å². The Bertz CT molecular complexity index is 482. The predicted octanol–water partition coefficient (Wildman–Crippen LogP) is 3.54. The van der Waals surface area contributed by atoms with E-state index in [4.69, 9.17) is 16.7 Å². The second kappa shape index (κ2) is 7.39. The Labute approximate surface area is 123 Å². The number of rotatable bonds is 6. The van der Waals surface area contributed by atoms with Gasteiger partial charge in [-0.1, -0.05) is 35.9 Å². The van der Waals surface area contributed by atoms with E-state index in [1.807, 2.05) is 24.3 Å². The number of benzene rings is 2. The first kappa shape index (κ1) is 15.0. The molecule has 4 heteroatoms. The summed E-state index contributed by atoms with van der Waals surface area (Å²) in [5.74, 6) is -0.251. The molecule has 0 aliphatic rings. The van der Waals surface area contributed by atoms with Crippen molar-refractivity contribution in [2.75, 3.05) is 13.2 Å². The molecule has 0 spiro atoms. The Balaban J connectivity index is 2.23. The maximum atomic E-state index is 13.0. The van der Waals surface area contributed by atoms with Gasteiger partial charge in [-0.25, -0.2) is 4.39 Å². The molecule has 2 nitrogen and oxygen atoms in total. The van der Waals surface area contributed by atoms with E-state index in [1.165, 1.54) is 12.1 Å². The van der Waals surface area contributed by atoms with E-state index in [2.05, 4.69) is 5.32 Å². The first-order valence-electron chi connectivity index (χ1n) is 6.56. The van der Waals surface area contributed by atoms with Crippen LogP contribution in [-0.2, 0) is 0 Å². The van der Waals surface area contributed by atoms with Crippen LogP contribution in [0.15, 0.2) is 48.5 Å². The molecule has 0 aromatic heterocycles. The molecule has 0 saturated heterocycles. The van der Waals surface area contributed by atoms with Crippen LogP contribution >= 0.6 is 11.6 Å². The van der Waals surface area contributed by atoms with Crippen molar-refractivity contribution >= 4 is 11.6 Å². The van der Waals surface area contributed by atoms with Gasteiger partial charge in [-0.05, 0) is 48.4 Å². The van der Waals surface area contributed by atoms with Crippen LogP contribution in [0.4, 0.5) is 4.39 Å². The Morgan fingerprint density at radius 2 is 1.55 bits per heavy atom. The third kappa shape index (κ3) is 4.04. The van der Waals surface area contributed by atoms with E-state index in [0.29, 0.717) is 18.0 Å². The number of hydrogen-bond acceptors (Lipinski definition) is 2. The van der Waals surface area contributed by atoms with Crippen molar-refractivity contribution in [2.24, 2.45) is 0 Å². The first-order chi connectivity index (χ1) is 9.70. The topological polar surface area (TPSA) is 32.3 Å². The van der Waals surface area contributed by atoms with Gasteiger partial charge in [0.25, 0.3) is 0 Å². The fraction of sp³-hybridized carbons (Fsp3) is 0.250. The molecule has 0 aliphatic heterocycles. The molecule has 0 amide bonds. The normalized spacial score (nSPS) is 12.3. The smallest absolute Gasteiger partial charge is 0.123 e. The number of hydrogen-bond donors (Lipinski definition) is 2. The van der Waals surface area contributed by atoms with Gasteiger partial charge in [0.15, 0.2) is 0 Å². The molecule has 1 atom stereocenters. The minimum absolute atomic E-state index is 0.0422. The van der Waals surface area contributed by atoms with Crippen molar-refractivity contribution in [1.82, 2.24) is 5.32 Å². The van der Waals surface area contributed by atoms with Crippen LogP contribution in [0.1, 0.15) is 23.6 Å². The lowest BCUT2D eigenvalue weighted by atomic mass is 9.98. The van der Waals surface area contributed by atoms with Crippen molar-refractivity contribution in [3.05, 3.63) is 70.5 Å². The maximum absolute atomic E-state index is 13.0. The Morgan fingerprint density at radius 1 is 1.00 bits per heavy atom. The van der Waals surface area contributed by atoms with Crippen LogP contribution < -0.4 is 5.32 Å². The highest BCUT2D eigenvalue weighted by Crippen LogP contribution is 2.23. The third-order valence-corrected chi connectivity index (χ3v) is 3.34. The lowest BCUT2D eigenvalue weighted by Crippen LogP contribution is -2.24. The summed E-state index contributed by atoms with van der Waals surface area (Å²) >= 11 is 5.91. The Morgan fingerprint density at radius 3 is 2.10 bits per heavy atom.